The molecule has 0 radical (unpaired) electrons. The maximum Gasteiger partial charge on any atom is 0.326 e. The van der Waals surface area contributed by atoms with Gasteiger partial charge in [0, 0.05) is 23.5 Å². The second kappa shape index (κ2) is 11.6. The summed E-state index contributed by atoms with van der Waals surface area (Å²) >= 11 is 0. The molecule has 1 aromatic heterocycles. The Morgan fingerprint density at radius 2 is 1.56 bits per heavy atom. The van der Waals surface area contributed by atoms with Crippen molar-refractivity contribution in [1.82, 2.24) is 20.9 Å². The SMILES string of the molecule is NC(Cc1c[nH]c2ccccc12)C(=O)NCC(=O)NCC(=O)NC(Cc1ccccc1)C(=O)O. The number of carboxylic acids is 1. The predicted molar refractivity (Wildman–Crippen MR) is 126 cm³/mol. The van der Waals surface area contributed by atoms with Crippen molar-refractivity contribution < 1.29 is 24.3 Å². The lowest BCUT2D eigenvalue weighted by molar-refractivity contribution is -0.141. The lowest BCUT2D eigenvalue weighted by Gasteiger charge is -2.15. The molecule has 0 aliphatic rings. The minimum atomic E-state index is -1.18. The van der Waals surface area contributed by atoms with Gasteiger partial charge in [0.05, 0.1) is 19.1 Å². The lowest BCUT2D eigenvalue weighted by Crippen LogP contribution is -2.49. The molecule has 34 heavy (non-hydrogen) atoms. The van der Waals surface area contributed by atoms with Gasteiger partial charge in [-0.1, -0.05) is 48.5 Å². The highest BCUT2D eigenvalue weighted by atomic mass is 16.4. The fourth-order valence-electron chi connectivity index (χ4n) is 3.47. The summed E-state index contributed by atoms with van der Waals surface area (Å²) in [5.41, 5.74) is 8.57. The number of fused-ring (bicyclic) bond motifs is 1. The zero-order valence-electron chi connectivity index (χ0n) is 18.4. The molecule has 2 unspecified atom stereocenters. The van der Waals surface area contributed by atoms with Crippen molar-refractivity contribution in [2.45, 2.75) is 24.9 Å². The number of hydrogen-bond donors (Lipinski definition) is 6. The van der Waals surface area contributed by atoms with E-state index in [0.717, 1.165) is 22.0 Å². The first-order valence-corrected chi connectivity index (χ1v) is 10.7. The van der Waals surface area contributed by atoms with Gasteiger partial charge < -0.3 is 31.8 Å². The molecule has 0 fully saturated rings. The van der Waals surface area contributed by atoms with E-state index in [-0.39, 0.29) is 19.4 Å². The van der Waals surface area contributed by atoms with Crippen LogP contribution in [0.2, 0.25) is 0 Å². The van der Waals surface area contributed by atoms with Crippen molar-refractivity contribution in [1.29, 1.82) is 0 Å². The van der Waals surface area contributed by atoms with Gasteiger partial charge in [0.15, 0.2) is 0 Å². The van der Waals surface area contributed by atoms with Crippen LogP contribution in [0.4, 0.5) is 0 Å². The standard InChI is InChI=1S/C24H27N5O5/c25-18(11-16-12-26-19-9-5-4-8-17(16)19)23(32)28-13-21(30)27-14-22(31)29-20(24(33)34)10-15-6-2-1-3-7-15/h1-9,12,18,20,26H,10-11,13-14,25H2,(H,27,30)(H,28,32)(H,29,31)(H,33,34). The van der Waals surface area contributed by atoms with Gasteiger partial charge in [0.2, 0.25) is 17.7 Å². The molecule has 10 nitrogen and oxygen atoms in total. The van der Waals surface area contributed by atoms with Crippen molar-refractivity contribution in [3.8, 4) is 0 Å². The predicted octanol–water partition coefficient (Wildman–Crippen LogP) is 0.0822. The lowest BCUT2D eigenvalue weighted by atomic mass is 10.1. The molecule has 3 rings (SSSR count). The number of nitrogens with two attached hydrogens (primary N) is 1. The number of aromatic amines is 1. The normalized spacial score (nSPS) is 12.5. The van der Waals surface area contributed by atoms with Crippen molar-refractivity contribution in [3.05, 3.63) is 71.9 Å². The highest BCUT2D eigenvalue weighted by molar-refractivity contribution is 5.91. The zero-order valence-corrected chi connectivity index (χ0v) is 18.4. The molecular formula is C24H27N5O5. The van der Waals surface area contributed by atoms with Crippen molar-refractivity contribution in [2.24, 2.45) is 5.73 Å². The third-order valence-corrected chi connectivity index (χ3v) is 5.24. The number of para-hydroxylation sites is 1. The minimum absolute atomic E-state index is 0.111. The molecule has 0 spiro atoms. The van der Waals surface area contributed by atoms with Crippen LogP contribution >= 0.6 is 0 Å². The highest BCUT2D eigenvalue weighted by Crippen LogP contribution is 2.18. The van der Waals surface area contributed by atoms with Crippen LogP contribution in [0.25, 0.3) is 10.9 Å². The molecule has 10 heteroatoms. The van der Waals surface area contributed by atoms with E-state index in [0.29, 0.717) is 0 Å². The van der Waals surface area contributed by atoms with Crippen LogP contribution in [0.3, 0.4) is 0 Å². The third kappa shape index (κ3) is 6.91. The Hall–Kier alpha value is -4.18. The number of carbonyl (C=O) groups excluding carboxylic acids is 3. The monoisotopic (exact) mass is 465 g/mol. The van der Waals surface area contributed by atoms with Gasteiger partial charge in [-0.05, 0) is 23.6 Å². The van der Waals surface area contributed by atoms with E-state index in [1.807, 2.05) is 24.3 Å². The summed E-state index contributed by atoms with van der Waals surface area (Å²) in [4.78, 5) is 50.9. The molecule has 3 aromatic rings. The fraction of sp³-hybridized carbons (Fsp3) is 0.250. The third-order valence-electron chi connectivity index (χ3n) is 5.24. The molecule has 0 bridgehead atoms. The van der Waals surface area contributed by atoms with Gasteiger partial charge in [-0.15, -0.1) is 0 Å². The number of aromatic nitrogens is 1. The summed E-state index contributed by atoms with van der Waals surface area (Å²) in [6, 6.07) is 14.5. The quantitative estimate of drug-likeness (QED) is 0.235. The number of carboxylic acid groups (broad SMARTS) is 1. The summed E-state index contributed by atoms with van der Waals surface area (Å²) in [6.45, 7) is -0.783. The summed E-state index contributed by atoms with van der Waals surface area (Å²) < 4.78 is 0. The van der Waals surface area contributed by atoms with Crippen molar-refractivity contribution in [2.75, 3.05) is 13.1 Å². The van der Waals surface area contributed by atoms with Gasteiger partial charge in [-0.25, -0.2) is 4.79 Å². The molecule has 3 amide bonds. The first-order chi connectivity index (χ1) is 16.3. The van der Waals surface area contributed by atoms with E-state index in [1.165, 1.54) is 0 Å². The van der Waals surface area contributed by atoms with Crippen molar-refractivity contribution >= 4 is 34.6 Å². The second-order valence-corrected chi connectivity index (χ2v) is 7.81. The molecule has 0 saturated heterocycles. The Morgan fingerprint density at radius 1 is 0.882 bits per heavy atom. The number of amides is 3. The van der Waals surface area contributed by atoms with Crippen LogP contribution in [0.15, 0.2) is 60.8 Å². The number of carbonyl (C=O) groups is 4. The van der Waals surface area contributed by atoms with Crippen LogP contribution in [-0.2, 0) is 32.0 Å². The Bertz CT molecular complexity index is 1160. The first-order valence-electron chi connectivity index (χ1n) is 10.7. The van der Waals surface area contributed by atoms with E-state index >= 15 is 0 Å². The number of benzene rings is 2. The zero-order chi connectivity index (χ0) is 24.5. The van der Waals surface area contributed by atoms with Gasteiger partial charge in [0.25, 0.3) is 0 Å². The molecule has 178 valence electrons. The number of nitrogens with one attached hydrogen (secondary N) is 4. The van der Waals surface area contributed by atoms with Crippen LogP contribution in [0.5, 0.6) is 0 Å². The van der Waals surface area contributed by atoms with E-state index in [2.05, 4.69) is 20.9 Å². The number of hydrogen-bond acceptors (Lipinski definition) is 5. The summed E-state index contributed by atoms with van der Waals surface area (Å²) in [5.74, 6) is -2.93. The Labute approximate surface area is 195 Å². The molecule has 2 aromatic carbocycles. The molecule has 7 N–H and O–H groups in total. The largest absolute Gasteiger partial charge is 0.480 e. The Kier molecular flexibility index (Phi) is 8.36. The van der Waals surface area contributed by atoms with Gasteiger partial charge >= 0.3 is 5.97 Å². The van der Waals surface area contributed by atoms with Crippen LogP contribution in [0.1, 0.15) is 11.1 Å². The average molecular weight is 466 g/mol. The molecule has 2 atom stereocenters. The van der Waals surface area contributed by atoms with Crippen molar-refractivity contribution in [3.63, 3.8) is 0 Å². The van der Waals surface area contributed by atoms with E-state index in [1.54, 1.807) is 36.5 Å². The fourth-order valence-corrected chi connectivity index (χ4v) is 3.47. The van der Waals surface area contributed by atoms with Crippen LogP contribution < -0.4 is 21.7 Å². The van der Waals surface area contributed by atoms with Gasteiger partial charge in [-0.2, -0.15) is 0 Å². The first kappa shape index (κ1) is 24.5. The highest BCUT2D eigenvalue weighted by Gasteiger charge is 2.21. The molecule has 0 aliphatic heterocycles. The van der Waals surface area contributed by atoms with E-state index < -0.39 is 42.3 Å². The maximum absolute atomic E-state index is 12.3. The van der Waals surface area contributed by atoms with Crippen LogP contribution in [0, 0.1) is 0 Å². The summed E-state index contributed by atoms with van der Waals surface area (Å²) in [7, 11) is 0. The Balaban J connectivity index is 1.40. The summed E-state index contributed by atoms with van der Waals surface area (Å²) in [5, 5.41) is 17.5. The van der Waals surface area contributed by atoms with Gasteiger partial charge in [0.1, 0.15) is 6.04 Å². The molecule has 0 saturated carbocycles. The smallest absolute Gasteiger partial charge is 0.326 e. The number of rotatable bonds is 11. The maximum atomic E-state index is 12.3. The molecule has 0 aliphatic carbocycles. The minimum Gasteiger partial charge on any atom is -0.480 e. The Morgan fingerprint density at radius 3 is 2.29 bits per heavy atom. The molecule has 1 heterocycles. The summed E-state index contributed by atoms with van der Waals surface area (Å²) in [6.07, 6.45) is 2.20. The van der Waals surface area contributed by atoms with E-state index in [9.17, 15) is 24.3 Å². The second-order valence-electron chi connectivity index (χ2n) is 7.81. The van der Waals surface area contributed by atoms with Crippen LogP contribution in [-0.4, -0.2) is 59.0 Å². The molecular weight excluding hydrogens is 438 g/mol. The average Bonchev–Trinajstić information content (AvgIpc) is 3.24. The van der Waals surface area contributed by atoms with E-state index in [4.69, 9.17) is 5.73 Å². The van der Waals surface area contributed by atoms with Gasteiger partial charge in [-0.3, -0.25) is 14.4 Å². The number of H-pyrrole nitrogens is 1. The topological polar surface area (TPSA) is 166 Å². The number of aliphatic carboxylic acids is 1.